The normalized spacial score (nSPS) is 13.9. The summed E-state index contributed by atoms with van der Waals surface area (Å²) in [5.41, 5.74) is 2.85. The molecule has 0 unspecified atom stereocenters. The first-order valence-corrected chi connectivity index (χ1v) is 9.46. The highest BCUT2D eigenvalue weighted by Gasteiger charge is 2.20. The van der Waals surface area contributed by atoms with Crippen molar-refractivity contribution in [1.29, 1.82) is 0 Å². The highest BCUT2D eigenvalue weighted by molar-refractivity contribution is 6.05. The van der Waals surface area contributed by atoms with Crippen LogP contribution in [0.25, 0.3) is 11.4 Å². The number of benzene rings is 1. The quantitative estimate of drug-likeness (QED) is 0.760. The summed E-state index contributed by atoms with van der Waals surface area (Å²) in [5.74, 6) is 2.23. The Bertz CT molecular complexity index is 973. The fourth-order valence-corrected chi connectivity index (χ4v) is 3.58. The average Bonchev–Trinajstić information content (AvgIpc) is 3.17. The molecule has 3 aromatic rings. The second kappa shape index (κ2) is 7.34. The number of carbonyl (C=O) groups excluding carboxylic acids is 1. The van der Waals surface area contributed by atoms with E-state index in [4.69, 9.17) is 4.52 Å². The molecule has 4 rings (SSSR count). The van der Waals surface area contributed by atoms with Crippen molar-refractivity contribution in [2.24, 2.45) is 0 Å². The van der Waals surface area contributed by atoms with E-state index in [2.05, 4.69) is 25.2 Å². The Labute approximate surface area is 157 Å². The number of nitrogens with one attached hydrogen (secondary N) is 1. The van der Waals surface area contributed by atoms with E-state index in [1.165, 1.54) is 6.42 Å². The second-order valence-corrected chi connectivity index (χ2v) is 6.85. The van der Waals surface area contributed by atoms with Gasteiger partial charge in [0.15, 0.2) is 5.82 Å². The number of amides is 1. The van der Waals surface area contributed by atoms with Gasteiger partial charge in [-0.2, -0.15) is 0 Å². The molecular formula is C20H23N5O2. The Morgan fingerprint density at radius 1 is 1.26 bits per heavy atom. The molecule has 140 valence electrons. The minimum atomic E-state index is -0.206. The van der Waals surface area contributed by atoms with Crippen LogP contribution in [-0.4, -0.2) is 25.8 Å². The van der Waals surface area contributed by atoms with Gasteiger partial charge in [-0.05, 0) is 38.3 Å². The van der Waals surface area contributed by atoms with Crippen LogP contribution >= 0.6 is 0 Å². The summed E-state index contributed by atoms with van der Waals surface area (Å²) in [4.78, 5) is 12.7. The van der Waals surface area contributed by atoms with Gasteiger partial charge in [0.2, 0.25) is 0 Å². The highest BCUT2D eigenvalue weighted by Crippen LogP contribution is 2.25. The summed E-state index contributed by atoms with van der Waals surface area (Å²) in [5, 5.41) is 15.7. The van der Waals surface area contributed by atoms with Gasteiger partial charge in [-0.25, -0.2) is 0 Å². The summed E-state index contributed by atoms with van der Waals surface area (Å²) in [6.45, 7) is 4.64. The zero-order chi connectivity index (χ0) is 18.8. The SMILES string of the molecule is CCc1noc(C)c1C(=O)Nc1cccc(-c2nnc3n2CCCCC3)c1. The van der Waals surface area contributed by atoms with Crippen molar-refractivity contribution in [3.63, 3.8) is 0 Å². The molecule has 0 saturated heterocycles. The first-order valence-electron chi connectivity index (χ1n) is 9.46. The molecule has 0 aliphatic carbocycles. The number of hydrogen-bond donors (Lipinski definition) is 1. The molecule has 0 spiro atoms. The van der Waals surface area contributed by atoms with Gasteiger partial charge >= 0.3 is 0 Å². The predicted octanol–water partition coefficient (Wildman–Crippen LogP) is 3.78. The van der Waals surface area contributed by atoms with Gasteiger partial charge < -0.3 is 14.4 Å². The van der Waals surface area contributed by atoms with Crippen molar-refractivity contribution in [3.05, 3.63) is 47.1 Å². The smallest absolute Gasteiger partial charge is 0.261 e. The monoisotopic (exact) mass is 365 g/mol. The number of hydrogen-bond acceptors (Lipinski definition) is 5. The fourth-order valence-electron chi connectivity index (χ4n) is 3.58. The van der Waals surface area contributed by atoms with Gasteiger partial charge in [0, 0.05) is 24.2 Å². The topological polar surface area (TPSA) is 85.8 Å². The summed E-state index contributed by atoms with van der Waals surface area (Å²) in [7, 11) is 0. The summed E-state index contributed by atoms with van der Waals surface area (Å²) < 4.78 is 7.37. The van der Waals surface area contributed by atoms with Crippen LogP contribution in [-0.2, 0) is 19.4 Å². The third-order valence-corrected chi connectivity index (χ3v) is 4.98. The first kappa shape index (κ1) is 17.5. The van der Waals surface area contributed by atoms with Crippen molar-refractivity contribution < 1.29 is 9.32 Å². The van der Waals surface area contributed by atoms with Crippen LogP contribution in [0.2, 0.25) is 0 Å². The van der Waals surface area contributed by atoms with E-state index >= 15 is 0 Å². The van der Waals surface area contributed by atoms with Gasteiger partial charge in [0.25, 0.3) is 5.91 Å². The number of fused-ring (bicyclic) bond motifs is 1. The van der Waals surface area contributed by atoms with E-state index < -0.39 is 0 Å². The third kappa shape index (κ3) is 3.37. The van der Waals surface area contributed by atoms with Crippen LogP contribution < -0.4 is 5.32 Å². The average molecular weight is 365 g/mol. The zero-order valence-electron chi connectivity index (χ0n) is 15.7. The predicted molar refractivity (Wildman–Crippen MR) is 102 cm³/mol. The lowest BCUT2D eigenvalue weighted by Crippen LogP contribution is -2.14. The number of rotatable bonds is 4. The van der Waals surface area contributed by atoms with Crippen LogP contribution in [0.3, 0.4) is 0 Å². The molecular weight excluding hydrogens is 342 g/mol. The van der Waals surface area contributed by atoms with E-state index in [0.29, 0.717) is 29.1 Å². The van der Waals surface area contributed by atoms with E-state index in [1.54, 1.807) is 6.92 Å². The zero-order valence-corrected chi connectivity index (χ0v) is 15.7. The maximum Gasteiger partial charge on any atom is 0.261 e. The lowest BCUT2D eigenvalue weighted by Gasteiger charge is -2.09. The molecule has 0 radical (unpaired) electrons. The summed E-state index contributed by atoms with van der Waals surface area (Å²) in [6.07, 6.45) is 5.13. The molecule has 1 amide bonds. The van der Waals surface area contributed by atoms with Gasteiger partial charge in [0.05, 0.1) is 5.69 Å². The Hall–Kier alpha value is -2.96. The van der Waals surface area contributed by atoms with E-state index in [-0.39, 0.29) is 5.91 Å². The molecule has 1 aliphatic heterocycles. The second-order valence-electron chi connectivity index (χ2n) is 6.85. The molecule has 0 atom stereocenters. The van der Waals surface area contributed by atoms with Gasteiger partial charge in [0.1, 0.15) is 17.1 Å². The van der Waals surface area contributed by atoms with E-state index in [9.17, 15) is 4.79 Å². The van der Waals surface area contributed by atoms with Crippen LogP contribution in [0.15, 0.2) is 28.8 Å². The van der Waals surface area contributed by atoms with Gasteiger partial charge in [-0.1, -0.05) is 30.6 Å². The molecule has 7 heteroatoms. The van der Waals surface area contributed by atoms with Crippen LogP contribution in [0, 0.1) is 6.92 Å². The number of aryl methyl sites for hydroxylation is 3. The largest absolute Gasteiger partial charge is 0.361 e. The lowest BCUT2D eigenvalue weighted by atomic mass is 10.1. The molecule has 0 saturated carbocycles. The summed E-state index contributed by atoms with van der Waals surface area (Å²) >= 11 is 0. The molecule has 27 heavy (non-hydrogen) atoms. The molecule has 7 nitrogen and oxygen atoms in total. The van der Waals surface area contributed by atoms with Crippen molar-refractivity contribution >= 4 is 11.6 Å². The van der Waals surface area contributed by atoms with E-state index in [0.717, 1.165) is 43.0 Å². The van der Waals surface area contributed by atoms with Crippen LogP contribution in [0.4, 0.5) is 5.69 Å². The Morgan fingerprint density at radius 3 is 3.00 bits per heavy atom. The molecule has 1 N–H and O–H groups in total. The standard InChI is InChI=1S/C20H23N5O2/c1-3-16-18(13(2)27-24-16)20(26)21-15-9-7-8-14(12-15)19-23-22-17-10-5-4-6-11-25(17)19/h7-9,12H,3-6,10-11H2,1-2H3,(H,21,26). The third-order valence-electron chi connectivity index (χ3n) is 4.98. The Morgan fingerprint density at radius 2 is 2.15 bits per heavy atom. The van der Waals surface area contributed by atoms with Gasteiger partial charge in [-0.3, -0.25) is 4.79 Å². The van der Waals surface area contributed by atoms with E-state index in [1.807, 2.05) is 31.2 Å². The van der Waals surface area contributed by atoms with Crippen molar-refractivity contribution in [3.8, 4) is 11.4 Å². The number of nitrogens with zero attached hydrogens (tertiary/aromatic N) is 4. The Balaban J connectivity index is 1.61. The van der Waals surface area contributed by atoms with Crippen molar-refractivity contribution in [2.45, 2.75) is 52.5 Å². The first-order chi connectivity index (χ1) is 13.2. The number of anilines is 1. The lowest BCUT2D eigenvalue weighted by molar-refractivity contribution is 0.102. The maximum atomic E-state index is 12.7. The summed E-state index contributed by atoms with van der Waals surface area (Å²) in [6, 6.07) is 7.73. The van der Waals surface area contributed by atoms with Crippen LogP contribution in [0.1, 0.15) is 53.8 Å². The molecule has 1 aliphatic rings. The fraction of sp³-hybridized carbons (Fsp3) is 0.400. The molecule has 1 aromatic carbocycles. The van der Waals surface area contributed by atoms with Crippen molar-refractivity contribution in [1.82, 2.24) is 19.9 Å². The Kier molecular flexibility index (Phi) is 4.75. The number of aromatic nitrogens is 4. The number of carbonyl (C=O) groups is 1. The highest BCUT2D eigenvalue weighted by atomic mass is 16.5. The van der Waals surface area contributed by atoms with Crippen LogP contribution in [0.5, 0.6) is 0 Å². The minimum Gasteiger partial charge on any atom is -0.361 e. The maximum absolute atomic E-state index is 12.7. The molecule has 3 heterocycles. The van der Waals surface area contributed by atoms with Crippen molar-refractivity contribution in [2.75, 3.05) is 5.32 Å². The molecule has 2 aromatic heterocycles. The molecule has 0 fully saturated rings. The minimum absolute atomic E-state index is 0.206. The molecule has 0 bridgehead atoms. The van der Waals surface area contributed by atoms with Gasteiger partial charge in [-0.15, -0.1) is 10.2 Å².